The Labute approximate surface area is 134 Å². The molecule has 106 valence electrons. The van der Waals surface area contributed by atoms with Crippen LogP contribution in [0.25, 0.3) is 0 Å². The maximum absolute atomic E-state index is 6.21. The Kier molecular flexibility index (Phi) is 5.93. The van der Waals surface area contributed by atoms with E-state index in [1.807, 2.05) is 30.3 Å². The molecule has 0 amide bonds. The van der Waals surface area contributed by atoms with Gasteiger partial charge in [-0.3, -0.25) is 0 Å². The van der Waals surface area contributed by atoms with E-state index in [9.17, 15) is 0 Å². The third-order valence-corrected chi connectivity index (χ3v) is 4.27. The van der Waals surface area contributed by atoms with Gasteiger partial charge in [0.25, 0.3) is 0 Å². The van der Waals surface area contributed by atoms with Gasteiger partial charge in [0.2, 0.25) is 0 Å². The highest BCUT2D eigenvalue weighted by Gasteiger charge is 2.11. The lowest BCUT2D eigenvalue weighted by molar-refractivity contribution is 0.317. The predicted octanol–water partition coefficient (Wildman–Crippen LogP) is 5.81. The number of halogens is 2. The molecule has 3 heteroatoms. The zero-order chi connectivity index (χ0) is 14.4. The maximum Gasteiger partial charge on any atom is 0.119 e. The zero-order valence-electron chi connectivity index (χ0n) is 11.5. The Morgan fingerprint density at radius 2 is 1.95 bits per heavy atom. The Morgan fingerprint density at radius 1 is 1.15 bits per heavy atom. The van der Waals surface area contributed by atoms with E-state index in [0.717, 1.165) is 35.8 Å². The molecule has 0 bridgehead atoms. The summed E-state index contributed by atoms with van der Waals surface area (Å²) in [6.07, 6.45) is 1.87. The van der Waals surface area contributed by atoms with Crippen molar-refractivity contribution in [3.63, 3.8) is 0 Å². The van der Waals surface area contributed by atoms with Crippen LogP contribution in [0, 0.1) is 0 Å². The van der Waals surface area contributed by atoms with Crippen molar-refractivity contribution in [3.05, 3.63) is 64.7 Å². The van der Waals surface area contributed by atoms with Crippen LogP contribution in [0.4, 0.5) is 0 Å². The summed E-state index contributed by atoms with van der Waals surface area (Å²) in [5.41, 5.74) is 2.36. The molecule has 1 unspecified atom stereocenters. The molecule has 2 aromatic rings. The molecule has 0 spiro atoms. The van der Waals surface area contributed by atoms with E-state index < -0.39 is 0 Å². The van der Waals surface area contributed by atoms with Crippen molar-refractivity contribution in [3.8, 4) is 5.75 Å². The normalized spacial score (nSPS) is 12.2. The third kappa shape index (κ3) is 4.26. The molecule has 0 aromatic heterocycles. The topological polar surface area (TPSA) is 9.23 Å². The van der Waals surface area contributed by atoms with E-state index >= 15 is 0 Å². The van der Waals surface area contributed by atoms with E-state index in [2.05, 4.69) is 41.1 Å². The quantitative estimate of drug-likeness (QED) is 0.596. The molecule has 2 rings (SSSR count). The highest BCUT2D eigenvalue weighted by molar-refractivity contribution is 9.09. The first kappa shape index (κ1) is 15.4. The van der Waals surface area contributed by atoms with E-state index in [4.69, 9.17) is 16.3 Å². The Hall–Kier alpha value is -0.990. The van der Waals surface area contributed by atoms with Crippen molar-refractivity contribution in [1.29, 1.82) is 0 Å². The Bertz CT molecular complexity index is 556. The maximum atomic E-state index is 6.21. The van der Waals surface area contributed by atoms with Crippen molar-refractivity contribution in [1.82, 2.24) is 0 Å². The molecule has 0 radical (unpaired) electrons. The Balaban J connectivity index is 2.09. The van der Waals surface area contributed by atoms with Crippen LogP contribution >= 0.6 is 27.5 Å². The van der Waals surface area contributed by atoms with Crippen LogP contribution < -0.4 is 4.74 Å². The largest absolute Gasteiger partial charge is 0.494 e. The fourth-order valence-electron chi connectivity index (χ4n) is 1.99. The summed E-state index contributed by atoms with van der Waals surface area (Å²) in [5.74, 6) is 0.924. The second-order valence-corrected chi connectivity index (χ2v) is 6.20. The van der Waals surface area contributed by atoms with Gasteiger partial charge in [-0.1, -0.05) is 64.8 Å². The van der Waals surface area contributed by atoms with Gasteiger partial charge in [-0.2, -0.15) is 0 Å². The minimum atomic E-state index is 0.229. The minimum Gasteiger partial charge on any atom is -0.494 e. The van der Waals surface area contributed by atoms with Crippen LogP contribution in [0.1, 0.15) is 29.3 Å². The average Bonchev–Trinajstić information content (AvgIpc) is 2.48. The lowest BCUT2D eigenvalue weighted by Crippen LogP contribution is -1.99. The number of benzene rings is 2. The first-order valence-electron chi connectivity index (χ1n) is 6.81. The van der Waals surface area contributed by atoms with E-state index in [0.29, 0.717) is 0 Å². The summed E-state index contributed by atoms with van der Waals surface area (Å²) >= 11 is 9.96. The highest BCUT2D eigenvalue weighted by atomic mass is 79.9. The smallest absolute Gasteiger partial charge is 0.119 e. The minimum absolute atomic E-state index is 0.229. The summed E-state index contributed by atoms with van der Waals surface area (Å²) in [6.45, 7) is 2.86. The average molecular weight is 354 g/mol. The molecule has 0 saturated carbocycles. The molecule has 20 heavy (non-hydrogen) atoms. The van der Waals surface area contributed by atoms with Gasteiger partial charge in [0.15, 0.2) is 0 Å². The molecule has 0 N–H and O–H groups in total. The van der Waals surface area contributed by atoms with E-state index in [1.165, 1.54) is 5.56 Å². The second-order valence-electron chi connectivity index (χ2n) is 4.68. The lowest BCUT2D eigenvalue weighted by atomic mass is 10.0. The van der Waals surface area contributed by atoms with Crippen LogP contribution in [0.15, 0.2) is 48.5 Å². The molecule has 2 aromatic carbocycles. The number of rotatable bonds is 6. The van der Waals surface area contributed by atoms with Gasteiger partial charge in [-0.25, -0.2) is 0 Å². The van der Waals surface area contributed by atoms with Gasteiger partial charge < -0.3 is 4.74 Å². The first-order chi connectivity index (χ1) is 9.70. The van der Waals surface area contributed by atoms with Crippen molar-refractivity contribution >= 4 is 27.5 Å². The van der Waals surface area contributed by atoms with E-state index in [-0.39, 0.29) is 4.83 Å². The third-order valence-electron chi connectivity index (χ3n) is 3.05. The number of hydrogen-bond donors (Lipinski definition) is 0. The number of alkyl halides is 1. The Morgan fingerprint density at radius 3 is 2.70 bits per heavy atom. The summed E-state index contributed by atoms with van der Waals surface area (Å²) in [4.78, 5) is 0.229. The summed E-state index contributed by atoms with van der Waals surface area (Å²) < 4.78 is 5.67. The molecule has 1 nitrogen and oxygen atoms in total. The standard InChI is InChI=1S/C17H18BrClO/c1-2-10-20-15-8-5-7-13(11-15)16(18)12-14-6-3-4-9-17(14)19/h3-9,11,16H,2,10,12H2,1H3. The zero-order valence-corrected chi connectivity index (χ0v) is 13.8. The van der Waals surface area contributed by atoms with Crippen LogP contribution in [-0.4, -0.2) is 6.61 Å². The number of ether oxygens (including phenoxy) is 1. The molecule has 0 aliphatic heterocycles. The molecular weight excluding hydrogens is 336 g/mol. The molecular formula is C17H18BrClO. The van der Waals surface area contributed by atoms with Crippen LogP contribution in [0.2, 0.25) is 5.02 Å². The van der Waals surface area contributed by atoms with Crippen LogP contribution in [-0.2, 0) is 6.42 Å². The number of hydrogen-bond acceptors (Lipinski definition) is 1. The highest BCUT2D eigenvalue weighted by Crippen LogP contribution is 2.31. The van der Waals surface area contributed by atoms with Gasteiger partial charge in [0.1, 0.15) is 5.75 Å². The van der Waals surface area contributed by atoms with Gasteiger partial charge >= 0.3 is 0 Å². The summed E-state index contributed by atoms with van der Waals surface area (Å²) in [5, 5.41) is 0.815. The van der Waals surface area contributed by atoms with Gasteiger partial charge in [0.05, 0.1) is 6.61 Å². The van der Waals surface area contributed by atoms with Crippen LogP contribution in [0.5, 0.6) is 5.75 Å². The molecule has 0 aliphatic carbocycles. The molecule has 0 aliphatic rings. The first-order valence-corrected chi connectivity index (χ1v) is 8.10. The summed E-state index contributed by atoms with van der Waals surface area (Å²) in [6, 6.07) is 16.2. The predicted molar refractivity (Wildman–Crippen MR) is 89.1 cm³/mol. The molecule has 0 fully saturated rings. The molecule has 1 atom stereocenters. The fraction of sp³-hybridized carbons (Fsp3) is 0.294. The van der Waals surface area contributed by atoms with Crippen molar-refractivity contribution < 1.29 is 4.74 Å². The fourth-order valence-corrected chi connectivity index (χ4v) is 2.84. The monoisotopic (exact) mass is 352 g/mol. The molecule has 0 saturated heterocycles. The second kappa shape index (κ2) is 7.70. The van der Waals surface area contributed by atoms with Gasteiger partial charge in [-0.15, -0.1) is 0 Å². The van der Waals surface area contributed by atoms with Gasteiger partial charge in [0, 0.05) is 9.85 Å². The van der Waals surface area contributed by atoms with Crippen molar-refractivity contribution in [2.24, 2.45) is 0 Å². The van der Waals surface area contributed by atoms with Crippen molar-refractivity contribution in [2.75, 3.05) is 6.61 Å². The SMILES string of the molecule is CCCOc1cccc(C(Br)Cc2ccccc2Cl)c1. The lowest BCUT2D eigenvalue weighted by Gasteiger charge is -2.13. The van der Waals surface area contributed by atoms with Crippen molar-refractivity contribution in [2.45, 2.75) is 24.6 Å². The molecule has 0 heterocycles. The van der Waals surface area contributed by atoms with E-state index in [1.54, 1.807) is 0 Å². The summed E-state index contributed by atoms with van der Waals surface area (Å²) in [7, 11) is 0. The van der Waals surface area contributed by atoms with Crippen LogP contribution in [0.3, 0.4) is 0 Å². The van der Waals surface area contributed by atoms with Gasteiger partial charge in [-0.05, 0) is 42.2 Å².